The minimum atomic E-state index is 0.0617. The monoisotopic (exact) mass is 284 g/mol. The van der Waals surface area contributed by atoms with E-state index in [2.05, 4.69) is 0 Å². The molecule has 0 saturated carbocycles. The number of rotatable bonds is 4. The molecule has 0 fully saturated rings. The van der Waals surface area contributed by atoms with Gasteiger partial charge < -0.3 is 9.47 Å². The number of ketones is 1. The SMILES string of the molecule is CCOc1ccc2c3c(cc(OCC)c2c1)C(=O)C(C)C3. The zero-order valence-corrected chi connectivity index (χ0v) is 12.7. The Morgan fingerprint density at radius 2 is 1.86 bits per heavy atom. The summed E-state index contributed by atoms with van der Waals surface area (Å²) in [4.78, 5) is 12.3. The summed E-state index contributed by atoms with van der Waals surface area (Å²) in [7, 11) is 0. The molecule has 0 heterocycles. The van der Waals surface area contributed by atoms with Crippen molar-refractivity contribution >= 4 is 16.6 Å². The Morgan fingerprint density at radius 3 is 2.57 bits per heavy atom. The van der Waals surface area contributed by atoms with Crippen LogP contribution in [0, 0.1) is 5.92 Å². The molecule has 21 heavy (non-hydrogen) atoms. The first kappa shape index (κ1) is 13.9. The Morgan fingerprint density at radius 1 is 1.10 bits per heavy atom. The second kappa shape index (κ2) is 5.40. The van der Waals surface area contributed by atoms with Crippen molar-refractivity contribution in [3.05, 3.63) is 35.4 Å². The van der Waals surface area contributed by atoms with Crippen LogP contribution in [0.4, 0.5) is 0 Å². The Hall–Kier alpha value is -2.03. The van der Waals surface area contributed by atoms with Gasteiger partial charge in [-0.15, -0.1) is 0 Å². The van der Waals surface area contributed by atoms with Crippen LogP contribution in [0.25, 0.3) is 10.8 Å². The zero-order valence-electron chi connectivity index (χ0n) is 12.7. The average Bonchev–Trinajstić information content (AvgIpc) is 2.76. The van der Waals surface area contributed by atoms with Crippen LogP contribution in [-0.4, -0.2) is 19.0 Å². The third kappa shape index (κ3) is 2.27. The lowest BCUT2D eigenvalue weighted by atomic mass is 9.99. The van der Waals surface area contributed by atoms with Crippen LogP contribution < -0.4 is 9.47 Å². The quantitative estimate of drug-likeness (QED) is 0.851. The van der Waals surface area contributed by atoms with E-state index in [1.165, 1.54) is 0 Å². The molecule has 1 atom stereocenters. The lowest BCUT2D eigenvalue weighted by Gasteiger charge is -2.13. The van der Waals surface area contributed by atoms with Crippen molar-refractivity contribution in [3.8, 4) is 11.5 Å². The summed E-state index contributed by atoms with van der Waals surface area (Å²) in [6.07, 6.45) is 0.811. The maximum Gasteiger partial charge on any atom is 0.166 e. The Balaban J connectivity index is 2.24. The molecule has 0 radical (unpaired) electrons. The fraction of sp³-hybridized carbons (Fsp3) is 0.389. The first-order chi connectivity index (χ1) is 10.2. The molecule has 110 valence electrons. The number of hydrogen-bond donors (Lipinski definition) is 0. The first-order valence-corrected chi connectivity index (χ1v) is 7.55. The summed E-state index contributed by atoms with van der Waals surface area (Å²) >= 11 is 0. The van der Waals surface area contributed by atoms with E-state index < -0.39 is 0 Å². The number of carbonyl (C=O) groups excluding carboxylic acids is 1. The third-order valence-electron chi connectivity index (χ3n) is 4.02. The third-order valence-corrected chi connectivity index (χ3v) is 4.02. The van der Waals surface area contributed by atoms with Gasteiger partial charge >= 0.3 is 0 Å². The summed E-state index contributed by atoms with van der Waals surface area (Å²) in [5.74, 6) is 1.90. The van der Waals surface area contributed by atoms with E-state index in [0.717, 1.165) is 39.8 Å². The Labute approximate surface area is 124 Å². The van der Waals surface area contributed by atoms with E-state index in [9.17, 15) is 4.79 Å². The van der Waals surface area contributed by atoms with Gasteiger partial charge in [-0.25, -0.2) is 0 Å². The van der Waals surface area contributed by atoms with E-state index in [1.54, 1.807) is 0 Å². The van der Waals surface area contributed by atoms with Gasteiger partial charge in [0.05, 0.1) is 13.2 Å². The molecule has 1 aliphatic rings. The molecule has 2 aromatic carbocycles. The van der Waals surface area contributed by atoms with Crippen LogP contribution in [-0.2, 0) is 6.42 Å². The lowest BCUT2D eigenvalue weighted by molar-refractivity contribution is 0.0946. The summed E-state index contributed by atoms with van der Waals surface area (Å²) in [5, 5.41) is 2.14. The highest BCUT2D eigenvalue weighted by Crippen LogP contribution is 2.39. The molecule has 3 heteroatoms. The Bertz CT molecular complexity index is 703. The number of carbonyl (C=O) groups is 1. The minimum Gasteiger partial charge on any atom is -0.494 e. The predicted octanol–water partition coefficient (Wildman–Crippen LogP) is 4.01. The summed E-state index contributed by atoms with van der Waals surface area (Å²) < 4.78 is 11.3. The van der Waals surface area contributed by atoms with Gasteiger partial charge in [0.15, 0.2) is 5.78 Å². The summed E-state index contributed by atoms with van der Waals surface area (Å²) in [6, 6.07) is 7.93. The smallest absolute Gasteiger partial charge is 0.166 e. The van der Waals surface area contributed by atoms with Gasteiger partial charge in [-0.2, -0.15) is 0 Å². The van der Waals surface area contributed by atoms with Crippen molar-refractivity contribution in [3.63, 3.8) is 0 Å². The van der Waals surface area contributed by atoms with E-state index in [0.29, 0.717) is 13.2 Å². The predicted molar refractivity (Wildman–Crippen MR) is 83.5 cm³/mol. The molecule has 0 N–H and O–H groups in total. The topological polar surface area (TPSA) is 35.5 Å². The van der Waals surface area contributed by atoms with Gasteiger partial charge in [-0.05, 0) is 49.4 Å². The minimum absolute atomic E-state index is 0.0617. The van der Waals surface area contributed by atoms with E-state index in [1.807, 2.05) is 45.0 Å². The maximum absolute atomic E-state index is 12.3. The molecular weight excluding hydrogens is 264 g/mol. The van der Waals surface area contributed by atoms with Crippen molar-refractivity contribution in [1.29, 1.82) is 0 Å². The molecule has 0 aromatic heterocycles. The van der Waals surface area contributed by atoms with E-state index in [4.69, 9.17) is 9.47 Å². The van der Waals surface area contributed by atoms with Crippen molar-refractivity contribution in [2.45, 2.75) is 27.2 Å². The Kier molecular flexibility index (Phi) is 3.58. The van der Waals surface area contributed by atoms with Crippen molar-refractivity contribution in [2.75, 3.05) is 13.2 Å². The van der Waals surface area contributed by atoms with Crippen molar-refractivity contribution in [1.82, 2.24) is 0 Å². The maximum atomic E-state index is 12.3. The fourth-order valence-electron chi connectivity index (χ4n) is 3.07. The normalized spacial score (nSPS) is 17.1. The van der Waals surface area contributed by atoms with Gasteiger partial charge in [0.1, 0.15) is 11.5 Å². The highest BCUT2D eigenvalue weighted by atomic mass is 16.5. The molecule has 0 saturated heterocycles. The first-order valence-electron chi connectivity index (χ1n) is 7.55. The number of fused-ring (bicyclic) bond motifs is 3. The van der Waals surface area contributed by atoms with Crippen LogP contribution >= 0.6 is 0 Å². The molecule has 0 amide bonds. The number of hydrogen-bond acceptors (Lipinski definition) is 3. The highest BCUT2D eigenvalue weighted by Gasteiger charge is 2.29. The number of Topliss-reactive ketones (excluding diaryl/α,β-unsaturated/α-hetero) is 1. The fourth-order valence-corrected chi connectivity index (χ4v) is 3.07. The largest absolute Gasteiger partial charge is 0.494 e. The zero-order chi connectivity index (χ0) is 15.0. The van der Waals surface area contributed by atoms with Crippen LogP contribution in [0.5, 0.6) is 11.5 Å². The van der Waals surface area contributed by atoms with Crippen molar-refractivity contribution in [2.24, 2.45) is 5.92 Å². The molecule has 0 bridgehead atoms. The molecule has 0 spiro atoms. The van der Waals surface area contributed by atoms with Crippen molar-refractivity contribution < 1.29 is 14.3 Å². The molecule has 2 aromatic rings. The second-order valence-corrected chi connectivity index (χ2v) is 5.44. The number of ether oxygens (including phenoxy) is 2. The molecular formula is C18H20O3. The van der Waals surface area contributed by atoms with Gasteiger partial charge in [-0.3, -0.25) is 4.79 Å². The molecule has 3 nitrogen and oxygen atoms in total. The van der Waals surface area contributed by atoms with Gasteiger partial charge in [0.25, 0.3) is 0 Å². The summed E-state index contributed by atoms with van der Waals surface area (Å²) in [5.41, 5.74) is 1.97. The second-order valence-electron chi connectivity index (χ2n) is 5.44. The lowest BCUT2D eigenvalue weighted by Crippen LogP contribution is -2.03. The van der Waals surface area contributed by atoms with Crippen LogP contribution in [0.1, 0.15) is 36.7 Å². The van der Waals surface area contributed by atoms with Gasteiger partial charge in [0.2, 0.25) is 0 Å². The van der Waals surface area contributed by atoms with E-state index in [-0.39, 0.29) is 11.7 Å². The van der Waals surface area contributed by atoms with Crippen LogP contribution in [0.3, 0.4) is 0 Å². The molecule has 1 aliphatic carbocycles. The number of benzene rings is 2. The van der Waals surface area contributed by atoms with Crippen LogP contribution in [0.15, 0.2) is 24.3 Å². The van der Waals surface area contributed by atoms with Crippen LogP contribution in [0.2, 0.25) is 0 Å². The standard InChI is InChI=1S/C18H20O3/c1-4-20-12-6-7-13-14-8-11(3)18(19)16(14)10-17(21-5-2)15(13)9-12/h6-7,9-11H,4-5,8H2,1-3H3. The summed E-state index contributed by atoms with van der Waals surface area (Å²) in [6.45, 7) is 7.13. The molecule has 3 rings (SSSR count). The average molecular weight is 284 g/mol. The highest BCUT2D eigenvalue weighted by molar-refractivity contribution is 6.08. The van der Waals surface area contributed by atoms with Gasteiger partial charge in [-0.1, -0.05) is 13.0 Å². The van der Waals surface area contributed by atoms with Gasteiger partial charge in [0, 0.05) is 16.9 Å². The molecule has 1 unspecified atom stereocenters. The van der Waals surface area contributed by atoms with E-state index >= 15 is 0 Å². The molecule has 0 aliphatic heterocycles.